The van der Waals surface area contributed by atoms with E-state index in [0.717, 1.165) is 0 Å². The van der Waals surface area contributed by atoms with Crippen molar-refractivity contribution in [2.75, 3.05) is 12.4 Å². The summed E-state index contributed by atoms with van der Waals surface area (Å²) in [5, 5.41) is 13.7. The Hall–Kier alpha value is -2.96. The third kappa shape index (κ3) is 2.89. The number of methoxy groups -OCH3 is 1. The number of aromatic nitrogens is 1. The van der Waals surface area contributed by atoms with Gasteiger partial charge in [-0.05, 0) is 18.2 Å². The normalized spacial score (nSPS) is 9.85. The number of hydrogen-bond donors (Lipinski definition) is 1. The summed E-state index contributed by atoms with van der Waals surface area (Å²) in [4.78, 5) is 25.7. The summed E-state index contributed by atoms with van der Waals surface area (Å²) in [7, 11) is 1.28. The molecule has 0 amide bonds. The number of carbonyl (C=O) groups excluding carboxylic acids is 1. The van der Waals surface area contributed by atoms with Gasteiger partial charge in [-0.15, -0.1) is 0 Å². The van der Waals surface area contributed by atoms with Crippen LogP contribution in [-0.4, -0.2) is 23.0 Å². The molecule has 20 heavy (non-hydrogen) atoms. The fourth-order valence-corrected chi connectivity index (χ4v) is 1.58. The first-order chi connectivity index (χ1) is 9.61. The molecule has 2 aromatic rings. The molecule has 0 atom stereocenters. The van der Waals surface area contributed by atoms with E-state index in [1.807, 2.05) is 0 Å². The maximum atomic E-state index is 11.3. The number of pyridine rings is 1. The largest absolute Gasteiger partial charge is 0.465 e. The van der Waals surface area contributed by atoms with Crippen LogP contribution in [0.5, 0.6) is 0 Å². The molecule has 0 unspecified atom stereocenters. The van der Waals surface area contributed by atoms with E-state index in [1.165, 1.54) is 25.4 Å². The Kier molecular flexibility index (Phi) is 3.90. The Morgan fingerprint density at radius 1 is 1.30 bits per heavy atom. The molecular formula is C13H11N3O4. The summed E-state index contributed by atoms with van der Waals surface area (Å²) in [5.74, 6) is -0.0957. The molecule has 1 aromatic carbocycles. The molecule has 1 heterocycles. The van der Waals surface area contributed by atoms with Crippen molar-refractivity contribution < 1.29 is 14.5 Å². The number of hydrogen-bond acceptors (Lipinski definition) is 6. The lowest BCUT2D eigenvalue weighted by Gasteiger charge is -2.06. The van der Waals surface area contributed by atoms with Gasteiger partial charge in [-0.3, -0.25) is 10.1 Å². The summed E-state index contributed by atoms with van der Waals surface area (Å²) < 4.78 is 4.56. The smallest absolute Gasteiger partial charge is 0.339 e. The molecule has 0 radical (unpaired) electrons. The maximum Gasteiger partial charge on any atom is 0.339 e. The standard InChI is InChI=1S/C13H11N3O4/c1-20-13(17)9-6-7-12(14-8-9)15-10-4-2-3-5-11(10)16(18)19/h2-8H,1H3,(H,14,15). The first kappa shape index (κ1) is 13.5. The van der Waals surface area contributed by atoms with Gasteiger partial charge in [-0.25, -0.2) is 9.78 Å². The van der Waals surface area contributed by atoms with Crippen LogP contribution in [0.4, 0.5) is 17.2 Å². The zero-order valence-electron chi connectivity index (χ0n) is 10.6. The minimum atomic E-state index is -0.491. The third-order valence-corrected chi connectivity index (χ3v) is 2.55. The molecule has 0 spiro atoms. The highest BCUT2D eigenvalue weighted by Crippen LogP contribution is 2.26. The molecule has 102 valence electrons. The van der Waals surface area contributed by atoms with E-state index in [4.69, 9.17) is 0 Å². The SMILES string of the molecule is COC(=O)c1ccc(Nc2ccccc2[N+](=O)[O-])nc1. The van der Waals surface area contributed by atoms with Gasteiger partial charge in [0.1, 0.15) is 11.5 Å². The predicted molar refractivity (Wildman–Crippen MR) is 72.0 cm³/mol. The number of carbonyl (C=O) groups is 1. The Bertz CT molecular complexity index is 640. The van der Waals surface area contributed by atoms with Gasteiger partial charge in [-0.2, -0.15) is 0 Å². The fraction of sp³-hybridized carbons (Fsp3) is 0.0769. The summed E-state index contributed by atoms with van der Waals surface area (Å²) in [6.07, 6.45) is 1.34. The Labute approximate surface area is 114 Å². The van der Waals surface area contributed by atoms with Crippen molar-refractivity contribution in [1.29, 1.82) is 0 Å². The van der Waals surface area contributed by atoms with Crippen LogP contribution in [0, 0.1) is 10.1 Å². The molecule has 0 bridgehead atoms. The van der Waals surface area contributed by atoms with E-state index >= 15 is 0 Å². The van der Waals surface area contributed by atoms with Crippen LogP contribution in [-0.2, 0) is 4.74 Å². The lowest BCUT2D eigenvalue weighted by atomic mass is 10.2. The summed E-state index contributed by atoms with van der Waals surface area (Å²) in [5.41, 5.74) is 0.586. The fourth-order valence-electron chi connectivity index (χ4n) is 1.58. The number of esters is 1. The lowest BCUT2D eigenvalue weighted by molar-refractivity contribution is -0.383. The van der Waals surface area contributed by atoms with E-state index in [0.29, 0.717) is 17.1 Å². The summed E-state index contributed by atoms with van der Waals surface area (Å²) in [6, 6.07) is 9.30. The Morgan fingerprint density at radius 2 is 2.05 bits per heavy atom. The number of nitro benzene ring substituents is 1. The second kappa shape index (κ2) is 5.79. The number of nitrogens with one attached hydrogen (secondary N) is 1. The highest BCUT2D eigenvalue weighted by Gasteiger charge is 2.13. The molecule has 0 aliphatic heterocycles. The van der Waals surface area contributed by atoms with Gasteiger partial charge in [0, 0.05) is 12.3 Å². The molecule has 0 saturated heterocycles. The van der Waals surface area contributed by atoms with E-state index in [2.05, 4.69) is 15.0 Å². The minimum absolute atomic E-state index is 0.0497. The van der Waals surface area contributed by atoms with Crippen molar-refractivity contribution >= 4 is 23.2 Å². The number of nitrogens with zero attached hydrogens (tertiary/aromatic N) is 2. The first-order valence-corrected chi connectivity index (χ1v) is 5.66. The molecule has 2 rings (SSSR count). The van der Waals surface area contributed by atoms with Crippen molar-refractivity contribution in [2.45, 2.75) is 0 Å². The molecule has 1 N–H and O–H groups in total. The summed E-state index contributed by atoms with van der Waals surface area (Å²) in [6.45, 7) is 0. The van der Waals surface area contributed by atoms with Gasteiger partial charge in [0.05, 0.1) is 17.6 Å². The number of benzene rings is 1. The number of anilines is 2. The summed E-state index contributed by atoms with van der Waals surface area (Å²) >= 11 is 0. The van der Waals surface area contributed by atoms with Crippen LogP contribution in [0.15, 0.2) is 42.6 Å². The molecule has 0 aliphatic rings. The second-order valence-electron chi connectivity index (χ2n) is 3.82. The first-order valence-electron chi connectivity index (χ1n) is 5.66. The van der Waals surface area contributed by atoms with Crippen molar-refractivity contribution in [2.24, 2.45) is 0 Å². The molecule has 7 nitrogen and oxygen atoms in total. The monoisotopic (exact) mass is 273 g/mol. The van der Waals surface area contributed by atoms with Gasteiger partial charge in [0.15, 0.2) is 0 Å². The highest BCUT2D eigenvalue weighted by atomic mass is 16.6. The molecule has 1 aromatic heterocycles. The number of ether oxygens (including phenoxy) is 1. The van der Waals surface area contributed by atoms with Crippen LogP contribution in [0.25, 0.3) is 0 Å². The average Bonchev–Trinajstić information content (AvgIpc) is 2.47. The third-order valence-electron chi connectivity index (χ3n) is 2.55. The van der Waals surface area contributed by atoms with Gasteiger partial charge in [0.2, 0.25) is 0 Å². The van der Waals surface area contributed by atoms with Gasteiger partial charge < -0.3 is 10.1 Å². The van der Waals surface area contributed by atoms with Crippen LogP contribution in [0.3, 0.4) is 0 Å². The van der Waals surface area contributed by atoms with E-state index < -0.39 is 10.9 Å². The molecule has 7 heteroatoms. The van der Waals surface area contributed by atoms with Crippen molar-refractivity contribution in [1.82, 2.24) is 4.98 Å². The second-order valence-corrected chi connectivity index (χ2v) is 3.82. The number of para-hydroxylation sites is 2. The Balaban J connectivity index is 2.23. The van der Waals surface area contributed by atoms with Gasteiger partial charge in [-0.1, -0.05) is 12.1 Å². The zero-order valence-corrected chi connectivity index (χ0v) is 10.6. The van der Waals surface area contributed by atoms with Crippen LogP contribution >= 0.6 is 0 Å². The molecular weight excluding hydrogens is 262 g/mol. The van der Waals surface area contributed by atoms with E-state index in [-0.39, 0.29) is 5.69 Å². The topological polar surface area (TPSA) is 94.4 Å². The van der Waals surface area contributed by atoms with Crippen molar-refractivity contribution in [3.05, 3.63) is 58.3 Å². The highest BCUT2D eigenvalue weighted by molar-refractivity contribution is 5.89. The lowest BCUT2D eigenvalue weighted by Crippen LogP contribution is -2.03. The molecule has 0 aliphatic carbocycles. The molecule has 0 saturated carbocycles. The van der Waals surface area contributed by atoms with Crippen molar-refractivity contribution in [3.63, 3.8) is 0 Å². The number of nitro groups is 1. The van der Waals surface area contributed by atoms with E-state index in [1.54, 1.807) is 24.3 Å². The number of rotatable bonds is 4. The molecule has 0 fully saturated rings. The van der Waals surface area contributed by atoms with Crippen LogP contribution in [0.1, 0.15) is 10.4 Å². The quantitative estimate of drug-likeness (QED) is 0.522. The van der Waals surface area contributed by atoms with E-state index in [9.17, 15) is 14.9 Å². The van der Waals surface area contributed by atoms with Gasteiger partial charge >= 0.3 is 5.97 Å². The maximum absolute atomic E-state index is 11.3. The average molecular weight is 273 g/mol. The van der Waals surface area contributed by atoms with Crippen LogP contribution in [0.2, 0.25) is 0 Å². The minimum Gasteiger partial charge on any atom is -0.465 e. The van der Waals surface area contributed by atoms with Crippen LogP contribution < -0.4 is 5.32 Å². The van der Waals surface area contributed by atoms with Crippen molar-refractivity contribution in [3.8, 4) is 0 Å². The Morgan fingerprint density at radius 3 is 2.65 bits per heavy atom. The predicted octanol–water partition coefficient (Wildman–Crippen LogP) is 2.52. The zero-order chi connectivity index (χ0) is 14.5. The van der Waals surface area contributed by atoms with Gasteiger partial charge in [0.25, 0.3) is 5.69 Å².